The van der Waals surface area contributed by atoms with E-state index in [1.807, 2.05) is 6.92 Å². The number of aromatic nitrogens is 2. The van der Waals surface area contributed by atoms with Crippen LogP contribution in [0.3, 0.4) is 0 Å². The van der Waals surface area contributed by atoms with E-state index in [4.69, 9.17) is 4.74 Å². The molecule has 1 N–H and O–H groups in total. The van der Waals surface area contributed by atoms with Gasteiger partial charge in [0.1, 0.15) is 11.9 Å². The van der Waals surface area contributed by atoms with Crippen LogP contribution in [0.25, 0.3) is 0 Å². The molecule has 0 bridgehead atoms. The Labute approximate surface area is 108 Å². The molecule has 18 heavy (non-hydrogen) atoms. The van der Waals surface area contributed by atoms with Gasteiger partial charge in [0.2, 0.25) is 5.88 Å². The van der Waals surface area contributed by atoms with Crippen LogP contribution in [-0.4, -0.2) is 16.1 Å². The topological polar surface area (TPSA) is 55.0 Å². The largest absolute Gasteiger partial charge is 0.474 e. The summed E-state index contributed by atoms with van der Waals surface area (Å²) in [6, 6.07) is 1.45. The molecule has 2 rings (SSSR count). The summed E-state index contributed by atoms with van der Waals surface area (Å²) >= 11 is 0. The summed E-state index contributed by atoms with van der Waals surface area (Å²) in [4.78, 5) is 18.5. The molecule has 0 spiro atoms. The minimum atomic E-state index is -0.125. The zero-order chi connectivity index (χ0) is 13.0. The molecule has 0 saturated heterocycles. The van der Waals surface area contributed by atoms with E-state index in [9.17, 15) is 4.79 Å². The normalized spacial score (nSPS) is 23.9. The standard InChI is InChI=1S/C14H22N2O2/c1-3-10-6-5-7-11(8-10)18-14-9-13(17)15-12(4-2)16-14/h9-11H,3-8H2,1-2H3,(H,15,16,17). The molecule has 0 aromatic carbocycles. The maximum absolute atomic E-state index is 11.5. The minimum Gasteiger partial charge on any atom is -0.474 e. The van der Waals surface area contributed by atoms with Crippen LogP contribution in [0.15, 0.2) is 10.9 Å². The lowest BCUT2D eigenvalue weighted by Crippen LogP contribution is -2.26. The Balaban J connectivity index is 2.04. The quantitative estimate of drug-likeness (QED) is 0.893. The third-order valence-corrected chi connectivity index (χ3v) is 3.70. The Kier molecular flexibility index (Phi) is 4.39. The molecule has 1 heterocycles. The summed E-state index contributed by atoms with van der Waals surface area (Å²) in [6.07, 6.45) is 6.84. The zero-order valence-electron chi connectivity index (χ0n) is 11.2. The van der Waals surface area contributed by atoms with Crippen molar-refractivity contribution in [2.45, 2.75) is 58.5 Å². The van der Waals surface area contributed by atoms with Gasteiger partial charge in [-0.05, 0) is 25.2 Å². The summed E-state index contributed by atoms with van der Waals surface area (Å²) in [7, 11) is 0. The number of nitrogens with one attached hydrogen (secondary N) is 1. The van der Waals surface area contributed by atoms with Gasteiger partial charge in [-0.15, -0.1) is 0 Å². The van der Waals surface area contributed by atoms with Gasteiger partial charge in [-0.3, -0.25) is 4.79 Å². The van der Waals surface area contributed by atoms with Gasteiger partial charge >= 0.3 is 0 Å². The van der Waals surface area contributed by atoms with Gasteiger partial charge in [-0.2, -0.15) is 0 Å². The molecule has 0 aliphatic heterocycles. The molecule has 1 aliphatic carbocycles. The monoisotopic (exact) mass is 250 g/mol. The number of aryl methyl sites for hydroxylation is 1. The molecule has 1 saturated carbocycles. The third kappa shape index (κ3) is 3.34. The number of nitrogens with zero attached hydrogens (tertiary/aromatic N) is 1. The van der Waals surface area contributed by atoms with Crippen molar-refractivity contribution in [2.24, 2.45) is 5.92 Å². The molecular weight excluding hydrogens is 228 g/mol. The molecule has 1 aliphatic rings. The van der Waals surface area contributed by atoms with E-state index in [-0.39, 0.29) is 11.7 Å². The Hall–Kier alpha value is -1.32. The van der Waals surface area contributed by atoms with Crippen molar-refractivity contribution in [1.29, 1.82) is 0 Å². The van der Waals surface area contributed by atoms with Crippen LogP contribution in [0, 0.1) is 5.92 Å². The van der Waals surface area contributed by atoms with Crippen LogP contribution in [0.4, 0.5) is 0 Å². The lowest BCUT2D eigenvalue weighted by molar-refractivity contribution is 0.116. The molecule has 4 nitrogen and oxygen atoms in total. The van der Waals surface area contributed by atoms with Crippen LogP contribution in [0.1, 0.15) is 51.8 Å². The number of H-pyrrole nitrogens is 1. The predicted molar refractivity (Wildman–Crippen MR) is 70.9 cm³/mol. The molecule has 0 radical (unpaired) electrons. The fourth-order valence-electron chi connectivity index (χ4n) is 2.60. The highest BCUT2D eigenvalue weighted by molar-refractivity contribution is 5.09. The average molecular weight is 250 g/mol. The van der Waals surface area contributed by atoms with Crippen LogP contribution in [0.5, 0.6) is 5.88 Å². The Bertz CT molecular complexity index is 442. The molecule has 2 atom stereocenters. The Morgan fingerprint density at radius 2 is 2.28 bits per heavy atom. The second-order valence-corrected chi connectivity index (χ2v) is 5.06. The number of rotatable bonds is 4. The van der Waals surface area contributed by atoms with Crippen LogP contribution in [-0.2, 0) is 6.42 Å². The van der Waals surface area contributed by atoms with E-state index in [0.717, 1.165) is 18.8 Å². The molecule has 2 unspecified atom stereocenters. The fraction of sp³-hybridized carbons (Fsp3) is 0.714. The van der Waals surface area contributed by atoms with Crippen molar-refractivity contribution in [2.75, 3.05) is 0 Å². The van der Waals surface area contributed by atoms with Gasteiger partial charge in [0.15, 0.2) is 0 Å². The Morgan fingerprint density at radius 1 is 1.44 bits per heavy atom. The SMILES string of the molecule is CCc1nc(OC2CCCC(CC)C2)cc(=O)[nH]1. The van der Waals surface area contributed by atoms with Crippen molar-refractivity contribution in [3.8, 4) is 5.88 Å². The van der Waals surface area contributed by atoms with Crippen molar-refractivity contribution in [1.82, 2.24) is 9.97 Å². The minimum absolute atomic E-state index is 0.125. The van der Waals surface area contributed by atoms with Crippen molar-refractivity contribution in [3.63, 3.8) is 0 Å². The van der Waals surface area contributed by atoms with E-state index in [1.165, 1.54) is 25.3 Å². The zero-order valence-corrected chi connectivity index (χ0v) is 11.2. The summed E-state index contributed by atoms with van der Waals surface area (Å²) in [6.45, 7) is 4.20. The highest BCUT2D eigenvalue weighted by atomic mass is 16.5. The van der Waals surface area contributed by atoms with Crippen LogP contribution < -0.4 is 10.3 Å². The van der Waals surface area contributed by atoms with Crippen molar-refractivity contribution >= 4 is 0 Å². The van der Waals surface area contributed by atoms with Gasteiger partial charge in [0, 0.05) is 6.42 Å². The van der Waals surface area contributed by atoms with Crippen LogP contribution >= 0.6 is 0 Å². The van der Waals surface area contributed by atoms with Crippen LogP contribution in [0.2, 0.25) is 0 Å². The lowest BCUT2D eigenvalue weighted by atomic mass is 9.85. The number of aromatic amines is 1. The molecule has 1 fully saturated rings. The first kappa shape index (κ1) is 13.1. The summed E-state index contributed by atoms with van der Waals surface area (Å²) in [5.41, 5.74) is -0.125. The van der Waals surface area contributed by atoms with Gasteiger partial charge in [0.25, 0.3) is 5.56 Å². The molecule has 0 amide bonds. The van der Waals surface area contributed by atoms with Crippen molar-refractivity contribution < 1.29 is 4.74 Å². The molecule has 1 aromatic heterocycles. The molecular formula is C14H22N2O2. The summed E-state index contributed by atoms with van der Waals surface area (Å²) in [5.74, 6) is 1.94. The molecule has 4 heteroatoms. The second-order valence-electron chi connectivity index (χ2n) is 5.06. The highest BCUT2D eigenvalue weighted by Crippen LogP contribution is 2.28. The van der Waals surface area contributed by atoms with E-state index in [0.29, 0.717) is 18.1 Å². The average Bonchev–Trinajstić information content (AvgIpc) is 2.38. The smallest absolute Gasteiger partial charge is 0.254 e. The maximum Gasteiger partial charge on any atom is 0.254 e. The lowest BCUT2D eigenvalue weighted by Gasteiger charge is -2.28. The first-order valence-corrected chi connectivity index (χ1v) is 6.98. The summed E-state index contributed by atoms with van der Waals surface area (Å²) in [5, 5.41) is 0. The first-order chi connectivity index (χ1) is 8.71. The van der Waals surface area contributed by atoms with Crippen molar-refractivity contribution in [3.05, 3.63) is 22.2 Å². The van der Waals surface area contributed by atoms with E-state index >= 15 is 0 Å². The van der Waals surface area contributed by atoms with E-state index < -0.39 is 0 Å². The third-order valence-electron chi connectivity index (χ3n) is 3.70. The Morgan fingerprint density at radius 3 is 3.00 bits per heavy atom. The fourth-order valence-corrected chi connectivity index (χ4v) is 2.60. The van der Waals surface area contributed by atoms with E-state index in [1.54, 1.807) is 0 Å². The summed E-state index contributed by atoms with van der Waals surface area (Å²) < 4.78 is 5.88. The van der Waals surface area contributed by atoms with Gasteiger partial charge in [0.05, 0.1) is 6.07 Å². The molecule has 1 aromatic rings. The van der Waals surface area contributed by atoms with Gasteiger partial charge in [-0.1, -0.05) is 26.7 Å². The predicted octanol–water partition coefficient (Wildman–Crippen LogP) is 2.68. The molecule has 100 valence electrons. The number of hydrogen-bond donors (Lipinski definition) is 1. The van der Waals surface area contributed by atoms with Gasteiger partial charge < -0.3 is 9.72 Å². The maximum atomic E-state index is 11.5. The van der Waals surface area contributed by atoms with Gasteiger partial charge in [-0.25, -0.2) is 4.98 Å². The first-order valence-electron chi connectivity index (χ1n) is 6.98. The second kappa shape index (κ2) is 6.03. The number of ether oxygens (including phenoxy) is 1. The van der Waals surface area contributed by atoms with E-state index in [2.05, 4.69) is 16.9 Å². The highest BCUT2D eigenvalue weighted by Gasteiger charge is 2.22. The number of hydrogen-bond acceptors (Lipinski definition) is 3.